The summed E-state index contributed by atoms with van der Waals surface area (Å²) in [5.74, 6) is 2.21. The second-order valence-electron chi connectivity index (χ2n) is 4.50. The standard InChI is InChI=1S/C14H19N3OS/c1-3-4-14-16-13(17-18-14)9-19-12-7-5-11(6-8-12)10(2)15/h5-8,10H,3-4,9,15H2,1-2H3. The van der Waals surface area contributed by atoms with Crippen LogP contribution in [0.25, 0.3) is 0 Å². The molecule has 0 fully saturated rings. The fourth-order valence-corrected chi connectivity index (χ4v) is 2.42. The van der Waals surface area contributed by atoms with Gasteiger partial charge < -0.3 is 10.3 Å². The predicted octanol–water partition coefficient (Wildman–Crippen LogP) is 3.33. The molecule has 2 aromatic rings. The van der Waals surface area contributed by atoms with Gasteiger partial charge in [0.05, 0.1) is 5.75 Å². The highest BCUT2D eigenvalue weighted by Gasteiger charge is 2.06. The summed E-state index contributed by atoms with van der Waals surface area (Å²) >= 11 is 1.70. The SMILES string of the molecule is CCCc1nc(CSc2ccc(C(C)N)cc2)no1. The van der Waals surface area contributed by atoms with Gasteiger partial charge in [-0.2, -0.15) is 4.98 Å². The zero-order valence-electron chi connectivity index (χ0n) is 11.3. The van der Waals surface area contributed by atoms with E-state index < -0.39 is 0 Å². The van der Waals surface area contributed by atoms with Crippen molar-refractivity contribution in [2.75, 3.05) is 0 Å². The van der Waals surface area contributed by atoms with Gasteiger partial charge in [0.25, 0.3) is 0 Å². The van der Waals surface area contributed by atoms with E-state index in [0.717, 1.165) is 35.9 Å². The van der Waals surface area contributed by atoms with Crippen molar-refractivity contribution in [3.8, 4) is 0 Å². The van der Waals surface area contributed by atoms with E-state index in [0.29, 0.717) is 0 Å². The molecule has 4 nitrogen and oxygen atoms in total. The maximum absolute atomic E-state index is 5.82. The lowest BCUT2D eigenvalue weighted by molar-refractivity contribution is 0.373. The second kappa shape index (κ2) is 6.73. The van der Waals surface area contributed by atoms with Crippen LogP contribution < -0.4 is 5.73 Å². The minimum absolute atomic E-state index is 0.0767. The Morgan fingerprint density at radius 2 is 2.05 bits per heavy atom. The summed E-state index contributed by atoms with van der Waals surface area (Å²) in [5, 5.41) is 3.97. The third-order valence-electron chi connectivity index (χ3n) is 2.75. The van der Waals surface area contributed by atoms with Crippen LogP contribution in [0.1, 0.15) is 43.6 Å². The number of thioether (sulfide) groups is 1. The predicted molar refractivity (Wildman–Crippen MR) is 76.9 cm³/mol. The number of hydrogen-bond acceptors (Lipinski definition) is 5. The van der Waals surface area contributed by atoms with Gasteiger partial charge in [-0.15, -0.1) is 11.8 Å². The van der Waals surface area contributed by atoms with Crippen molar-refractivity contribution in [1.29, 1.82) is 0 Å². The molecule has 0 amide bonds. The van der Waals surface area contributed by atoms with Crippen LogP contribution in [0.5, 0.6) is 0 Å². The third kappa shape index (κ3) is 4.08. The molecule has 5 heteroatoms. The topological polar surface area (TPSA) is 64.9 Å². The summed E-state index contributed by atoms with van der Waals surface area (Å²) in [5.41, 5.74) is 6.97. The lowest BCUT2D eigenvalue weighted by atomic mass is 10.1. The second-order valence-corrected chi connectivity index (χ2v) is 5.55. The van der Waals surface area contributed by atoms with Crippen LogP contribution in [-0.2, 0) is 12.2 Å². The number of nitrogens with two attached hydrogens (primary N) is 1. The molecule has 0 spiro atoms. The Labute approximate surface area is 117 Å². The van der Waals surface area contributed by atoms with Gasteiger partial charge in [0.15, 0.2) is 5.82 Å². The van der Waals surface area contributed by atoms with Crippen molar-refractivity contribution in [2.24, 2.45) is 5.73 Å². The van der Waals surface area contributed by atoms with Crippen LogP contribution in [0.3, 0.4) is 0 Å². The summed E-state index contributed by atoms with van der Waals surface area (Å²) in [6, 6.07) is 8.36. The summed E-state index contributed by atoms with van der Waals surface area (Å²) in [7, 11) is 0. The van der Waals surface area contributed by atoms with E-state index in [1.807, 2.05) is 6.92 Å². The average Bonchev–Trinajstić information content (AvgIpc) is 2.85. The van der Waals surface area contributed by atoms with Gasteiger partial charge in [-0.1, -0.05) is 24.2 Å². The van der Waals surface area contributed by atoms with E-state index in [9.17, 15) is 0 Å². The van der Waals surface area contributed by atoms with Crippen LogP contribution >= 0.6 is 11.8 Å². The Morgan fingerprint density at radius 1 is 1.32 bits per heavy atom. The number of benzene rings is 1. The van der Waals surface area contributed by atoms with Crippen molar-refractivity contribution >= 4 is 11.8 Å². The highest BCUT2D eigenvalue weighted by molar-refractivity contribution is 7.98. The Kier molecular flexibility index (Phi) is 4.99. The smallest absolute Gasteiger partial charge is 0.226 e. The van der Waals surface area contributed by atoms with E-state index in [1.54, 1.807) is 11.8 Å². The van der Waals surface area contributed by atoms with Crippen LogP contribution in [0.15, 0.2) is 33.7 Å². The maximum atomic E-state index is 5.82. The molecule has 102 valence electrons. The number of aromatic nitrogens is 2. The molecular formula is C14H19N3OS. The minimum Gasteiger partial charge on any atom is -0.339 e. The first kappa shape index (κ1) is 14.1. The molecule has 0 aliphatic carbocycles. The summed E-state index contributed by atoms with van der Waals surface area (Å²) < 4.78 is 5.15. The highest BCUT2D eigenvalue weighted by atomic mass is 32.2. The number of nitrogens with zero attached hydrogens (tertiary/aromatic N) is 2. The molecule has 1 unspecified atom stereocenters. The van der Waals surface area contributed by atoms with Gasteiger partial charge in [-0.3, -0.25) is 0 Å². The maximum Gasteiger partial charge on any atom is 0.226 e. The average molecular weight is 277 g/mol. The molecule has 19 heavy (non-hydrogen) atoms. The Morgan fingerprint density at radius 3 is 2.68 bits per heavy atom. The summed E-state index contributed by atoms with van der Waals surface area (Å²) in [6.07, 6.45) is 1.87. The zero-order chi connectivity index (χ0) is 13.7. The largest absolute Gasteiger partial charge is 0.339 e. The molecular weight excluding hydrogens is 258 g/mol. The fraction of sp³-hybridized carbons (Fsp3) is 0.429. The highest BCUT2D eigenvalue weighted by Crippen LogP contribution is 2.23. The van der Waals surface area contributed by atoms with E-state index >= 15 is 0 Å². The van der Waals surface area contributed by atoms with Crippen LogP contribution in [-0.4, -0.2) is 10.1 Å². The molecule has 0 aliphatic heterocycles. The van der Waals surface area contributed by atoms with Gasteiger partial charge in [-0.05, 0) is 31.0 Å². The molecule has 2 N–H and O–H groups in total. The normalized spacial score (nSPS) is 12.6. The van der Waals surface area contributed by atoms with Gasteiger partial charge in [-0.25, -0.2) is 0 Å². The first-order valence-electron chi connectivity index (χ1n) is 6.49. The van der Waals surface area contributed by atoms with Gasteiger partial charge >= 0.3 is 0 Å². The molecule has 1 heterocycles. The van der Waals surface area contributed by atoms with Crippen molar-refractivity contribution in [1.82, 2.24) is 10.1 Å². The zero-order valence-corrected chi connectivity index (χ0v) is 12.1. The van der Waals surface area contributed by atoms with Crippen LogP contribution in [0.2, 0.25) is 0 Å². The fourth-order valence-electron chi connectivity index (χ4n) is 1.68. The molecule has 0 saturated heterocycles. The van der Waals surface area contributed by atoms with E-state index in [1.165, 1.54) is 4.90 Å². The molecule has 0 aliphatic rings. The first-order chi connectivity index (χ1) is 9.19. The number of hydrogen-bond donors (Lipinski definition) is 1. The lowest BCUT2D eigenvalue weighted by Gasteiger charge is -2.05. The Bertz CT molecular complexity index is 508. The summed E-state index contributed by atoms with van der Waals surface area (Å²) in [4.78, 5) is 5.53. The molecule has 1 atom stereocenters. The molecule has 1 aromatic carbocycles. The first-order valence-corrected chi connectivity index (χ1v) is 7.47. The van der Waals surface area contributed by atoms with Crippen molar-refractivity contribution in [3.63, 3.8) is 0 Å². The van der Waals surface area contributed by atoms with Crippen LogP contribution in [0.4, 0.5) is 0 Å². The van der Waals surface area contributed by atoms with Gasteiger partial charge in [0.1, 0.15) is 0 Å². The van der Waals surface area contributed by atoms with Crippen molar-refractivity contribution in [3.05, 3.63) is 41.5 Å². The molecule has 1 aromatic heterocycles. The van der Waals surface area contributed by atoms with E-state index in [2.05, 4.69) is 41.3 Å². The van der Waals surface area contributed by atoms with Crippen molar-refractivity contribution < 1.29 is 4.52 Å². The number of rotatable bonds is 6. The molecule has 0 saturated carbocycles. The van der Waals surface area contributed by atoms with Crippen LogP contribution in [0, 0.1) is 0 Å². The Balaban J connectivity index is 1.90. The third-order valence-corrected chi connectivity index (χ3v) is 3.76. The number of aryl methyl sites for hydroxylation is 1. The van der Waals surface area contributed by atoms with Gasteiger partial charge in [0, 0.05) is 17.4 Å². The van der Waals surface area contributed by atoms with Crippen molar-refractivity contribution in [2.45, 2.75) is 43.4 Å². The van der Waals surface area contributed by atoms with E-state index in [4.69, 9.17) is 10.3 Å². The quantitative estimate of drug-likeness (QED) is 0.820. The Hall–Kier alpha value is -1.33. The molecule has 0 bridgehead atoms. The van der Waals surface area contributed by atoms with E-state index in [-0.39, 0.29) is 6.04 Å². The lowest BCUT2D eigenvalue weighted by Crippen LogP contribution is -2.04. The molecule has 2 rings (SSSR count). The van der Waals surface area contributed by atoms with Gasteiger partial charge in [0.2, 0.25) is 5.89 Å². The summed E-state index contributed by atoms with van der Waals surface area (Å²) in [6.45, 7) is 4.08. The minimum atomic E-state index is 0.0767. The monoisotopic (exact) mass is 277 g/mol. The molecule has 0 radical (unpaired) electrons.